The Balaban J connectivity index is 1.69. The Bertz CT molecular complexity index is 870. The smallest absolute Gasteiger partial charge is 0.274 e. The van der Waals surface area contributed by atoms with E-state index in [0.717, 1.165) is 11.1 Å². The zero-order valence-electron chi connectivity index (χ0n) is 15.0. The van der Waals surface area contributed by atoms with Crippen LogP contribution < -0.4 is 5.56 Å². The van der Waals surface area contributed by atoms with Crippen molar-refractivity contribution in [3.63, 3.8) is 0 Å². The Kier molecular flexibility index (Phi) is 5.16. The zero-order valence-corrected chi connectivity index (χ0v) is 15.0. The summed E-state index contributed by atoms with van der Waals surface area (Å²) < 4.78 is 0. The fraction of sp³-hybridized carbons (Fsp3) is 0.368. The average molecular weight is 354 g/mol. The normalized spacial score (nSPS) is 14.8. The number of hydrogen-bond acceptors (Lipinski definition) is 4. The molecular formula is C19H22N4O3. The van der Waals surface area contributed by atoms with Gasteiger partial charge in [-0.1, -0.05) is 17.7 Å². The minimum Gasteiger partial charge on any atom is -0.337 e. The summed E-state index contributed by atoms with van der Waals surface area (Å²) in [5, 5.41) is 6.07. The summed E-state index contributed by atoms with van der Waals surface area (Å²) in [6, 6.07) is 8.52. The molecule has 2 aromatic rings. The monoisotopic (exact) mass is 354 g/mol. The van der Waals surface area contributed by atoms with Crippen molar-refractivity contribution in [2.75, 3.05) is 26.2 Å². The molecule has 0 spiro atoms. The van der Waals surface area contributed by atoms with Gasteiger partial charge in [0.2, 0.25) is 0 Å². The molecule has 26 heavy (non-hydrogen) atoms. The quantitative estimate of drug-likeness (QED) is 0.883. The highest BCUT2D eigenvalue weighted by Crippen LogP contribution is 2.15. The van der Waals surface area contributed by atoms with Crippen LogP contribution in [0.5, 0.6) is 0 Å². The summed E-state index contributed by atoms with van der Waals surface area (Å²) in [6.07, 6.45) is 0.700. The highest BCUT2D eigenvalue weighted by molar-refractivity contribution is 5.96. The third kappa shape index (κ3) is 3.82. The Hall–Kier alpha value is -2.96. The van der Waals surface area contributed by atoms with E-state index in [4.69, 9.17) is 0 Å². The van der Waals surface area contributed by atoms with Crippen LogP contribution in [0, 0.1) is 13.8 Å². The van der Waals surface area contributed by atoms with E-state index < -0.39 is 0 Å². The van der Waals surface area contributed by atoms with E-state index in [2.05, 4.69) is 10.2 Å². The van der Waals surface area contributed by atoms with Gasteiger partial charge in [-0.15, -0.1) is 0 Å². The molecular weight excluding hydrogens is 332 g/mol. The van der Waals surface area contributed by atoms with Crippen LogP contribution in [0.4, 0.5) is 0 Å². The summed E-state index contributed by atoms with van der Waals surface area (Å²) in [5.74, 6) is -0.235. The van der Waals surface area contributed by atoms with E-state index in [9.17, 15) is 14.4 Å². The lowest BCUT2D eigenvalue weighted by Crippen LogP contribution is -2.38. The molecule has 1 aromatic heterocycles. The number of benzene rings is 1. The van der Waals surface area contributed by atoms with Gasteiger partial charge in [0.25, 0.3) is 17.4 Å². The lowest BCUT2D eigenvalue weighted by Gasteiger charge is -2.22. The van der Waals surface area contributed by atoms with Crippen molar-refractivity contribution in [3.05, 3.63) is 63.1 Å². The molecule has 7 heteroatoms. The second-order valence-corrected chi connectivity index (χ2v) is 6.56. The second-order valence-electron chi connectivity index (χ2n) is 6.56. The van der Waals surface area contributed by atoms with Gasteiger partial charge in [-0.05, 0) is 38.0 Å². The molecule has 2 amide bonds. The van der Waals surface area contributed by atoms with Gasteiger partial charge in [0.15, 0.2) is 0 Å². The van der Waals surface area contributed by atoms with Crippen molar-refractivity contribution < 1.29 is 9.59 Å². The van der Waals surface area contributed by atoms with Gasteiger partial charge in [-0.2, -0.15) is 5.10 Å². The molecule has 0 unspecified atom stereocenters. The first-order valence-electron chi connectivity index (χ1n) is 8.67. The summed E-state index contributed by atoms with van der Waals surface area (Å²) in [7, 11) is 0. The third-order valence-electron chi connectivity index (χ3n) is 4.58. The summed E-state index contributed by atoms with van der Waals surface area (Å²) in [6.45, 7) is 6.01. The molecule has 1 aliphatic rings. The van der Waals surface area contributed by atoms with Crippen LogP contribution in [0.25, 0.3) is 0 Å². The Morgan fingerprint density at radius 3 is 2.27 bits per heavy atom. The molecule has 1 N–H and O–H groups in total. The first kappa shape index (κ1) is 17.8. The van der Waals surface area contributed by atoms with Gasteiger partial charge in [0.05, 0.1) is 0 Å². The number of aromatic amines is 1. The number of H-pyrrole nitrogens is 1. The number of amides is 2. The van der Waals surface area contributed by atoms with Crippen LogP contribution in [0.3, 0.4) is 0 Å². The van der Waals surface area contributed by atoms with Gasteiger partial charge < -0.3 is 9.80 Å². The summed E-state index contributed by atoms with van der Waals surface area (Å²) >= 11 is 0. The maximum absolute atomic E-state index is 12.8. The van der Waals surface area contributed by atoms with Crippen molar-refractivity contribution >= 4 is 11.8 Å². The Morgan fingerprint density at radius 1 is 0.962 bits per heavy atom. The number of aryl methyl sites for hydroxylation is 2. The molecule has 0 saturated carbocycles. The summed E-state index contributed by atoms with van der Waals surface area (Å²) in [5.41, 5.74) is 2.66. The maximum Gasteiger partial charge on any atom is 0.274 e. The zero-order chi connectivity index (χ0) is 18.7. The van der Waals surface area contributed by atoms with Crippen molar-refractivity contribution in [2.24, 2.45) is 0 Å². The number of rotatable bonds is 2. The van der Waals surface area contributed by atoms with Crippen molar-refractivity contribution in [3.8, 4) is 0 Å². The van der Waals surface area contributed by atoms with Crippen LogP contribution in [0.2, 0.25) is 0 Å². The van der Waals surface area contributed by atoms with E-state index in [1.165, 1.54) is 12.1 Å². The highest BCUT2D eigenvalue weighted by Gasteiger charge is 2.24. The number of carbonyl (C=O) groups is 2. The lowest BCUT2D eigenvalue weighted by molar-refractivity contribution is 0.0714. The Labute approximate surface area is 151 Å². The first-order chi connectivity index (χ1) is 12.5. The fourth-order valence-corrected chi connectivity index (χ4v) is 3.17. The maximum atomic E-state index is 12.8. The SMILES string of the molecule is Cc1ccc(C(=O)N2CCCN(C(=O)c3ccc(=O)[nH]n3)CC2)c(C)c1. The molecule has 0 radical (unpaired) electrons. The topological polar surface area (TPSA) is 86.4 Å². The number of nitrogens with one attached hydrogen (secondary N) is 1. The average Bonchev–Trinajstić information content (AvgIpc) is 2.87. The standard InChI is InChI=1S/C19H22N4O3/c1-13-4-5-15(14(2)12-13)18(25)22-8-3-9-23(11-10-22)19(26)16-6-7-17(24)21-20-16/h4-7,12H,3,8-11H2,1-2H3,(H,21,24). The molecule has 3 rings (SSSR count). The van der Waals surface area contributed by atoms with Crippen molar-refractivity contribution in [1.82, 2.24) is 20.0 Å². The molecule has 0 atom stereocenters. The van der Waals surface area contributed by atoms with Crippen LogP contribution in [0.15, 0.2) is 35.1 Å². The number of nitrogens with zero attached hydrogens (tertiary/aromatic N) is 3. The van der Waals surface area contributed by atoms with Crippen molar-refractivity contribution in [1.29, 1.82) is 0 Å². The number of hydrogen-bond donors (Lipinski definition) is 1. The largest absolute Gasteiger partial charge is 0.337 e. The van der Waals surface area contributed by atoms with Crippen LogP contribution in [-0.4, -0.2) is 58.0 Å². The predicted molar refractivity (Wildman–Crippen MR) is 97.2 cm³/mol. The van der Waals surface area contributed by atoms with Crippen molar-refractivity contribution in [2.45, 2.75) is 20.3 Å². The van der Waals surface area contributed by atoms with Gasteiger partial charge >= 0.3 is 0 Å². The van der Waals surface area contributed by atoms with Gasteiger partial charge in [0.1, 0.15) is 5.69 Å². The second kappa shape index (κ2) is 7.51. The van der Waals surface area contributed by atoms with Crippen LogP contribution in [-0.2, 0) is 0 Å². The van der Waals surface area contributed by atoms with Crippen LogP contribution >= 0.6 is 0 Å². The van der Waals surface area contributed by atoms with E-state index in [-0.39, 0.29) is 23.1 Å². The lowest BCUT2D eigenvalue weighted by atomic mass is 10.0. The molecule has 0 aliphatic carbocycles. The number of carbonyl (C=O) groups excluding carboxylic acids is 2. The van der Waals surface area contributed by atoms with Crippen LogP contribution in [0.1, 0.15) is 38.4 Å². The third-order valence-corrected chi connectivity index (χ3v) is 4.58. The predicted octanol–water partition coefficient (Wildman–Crippen LogP) is 1.38. The molecule has 1 fully saturated rings. The van der Waals surface area contributed by atoms with E-state index in [0.29, 0.717) is 38.2 Å². The molecule has 2 heterocycles. The first-order valence-corrected chi connectivity index (χ1v) is 8.67. The minimum absolute atomic E-state index is 0.000958. The highest BCUT2D eigenvalue weighted by atomic mass is 16.2. The van der Waals surface area contributed by atoms with Gasteiger partial charge in [-0.25, -0.2) is 5.10 Å². The Morgan fingerprint density at radius 2 is 1.65 bits per heavy atom. The molecule has 7 nitrogen and oxygen atoms in total. The van der Waals surface area contributed by atoms with Gasteiger partial charge in [0, 0.05) is 37.8 Å². The fourth-order valence-electron chi connectivity index (χ4n) is 3.17. The molecule has 1 aromatic carbocycles. The molecule has 1 aliphatic heterocycles. The number of aromatic nitrogens is 2. The summed E-state index contributed by atoms with van der Waals surface area (Å²) in [4.78, 5) is 39.9. The van der Waals surface area contributed by atoms with E-state index >= 15 is 0 Å². The van der Waals surface area contributed by atoms with Gasteiger partial charge in [-0.3, -0.25) is 14.4 Å². The molecule has 1 saturated heterocycles. The minimum atomic E-state index is -0.345. The molecule has 0 bridgehead atoms. The molecule has 136 valence electrons. The van der Waals surface area contributed by atoms with E-state index in [1.807, 2.05) is 32.0 Å². The van der Waals surface area contributed by atoms with E-state index in [1.54, 1.807) is 9.80 Å².